The van der Waals surface area contributed by atoms with Gasteiger partial charge in [0.1, 0.15) is 16.9 Å². The van der Waals surface area contributed by atoms with Gasteiger partial charge in [0.2, 0.25) is 0 Å². The number of aromatic carboxylic acids is 1. The Morgan fingerprint density at radius 3 is 2.80 bits per heavy atom. The standard InChI is InChI=1S/C16H21NO3/c1-2-3-4-7-10-17-11-14-15(16(18)19)12-8-5-6-9-13(12)20-14/h5-6,8-9,17H,2-4,7,10-11H2,1H3,(H,18,19). The number of carboxylic acid groups (broad SMARTS) is 1. The third-order valence-corrected chi connectivity index (χ3v) is 3.37. The Morgan fingerprint density at radius 1 is 1.25 bits per heavy atom. The molecule has 0 aliphatic carbocycles. The van der Waals surface area contributed by atoms with Crippen LogP contribution in [0.1, 0.15) is 48.7 Å². The summed E-state index contributed by atoms with van der Waals surface area (Å²) < 4.78 is 5.64. The topological polar surface area (TPSA) is 62.5 Å². The van der Waals surface area contributed by atoms with Crippen molar-refractivity contribution >= 4 is 16.9 Å². The molecule has 0 aliphatic rings. The average Bonchev–Trinajstić information content (AvgIpc) is 2.81. The van der Waals surface area contributed by atoms with Crippen LogP contribution >= 0.6 is 0 Å². The maximum Gasteiger partial charge on any atom is 0.339 e. The van der Waals surface area contributed by atoms with Crippen LogP contribution in [0.3, 0.4) is 0 Å². The second-order valence-electron chi connectivity index (χ2n) is 4.94. The van der Waals surface area contributed by atoms with Crippen molar-refractivity contribution in [2.45, 2.75) is 39.2 Å². The van der Waals surface area contributed by atoms with Gasteiger partial charge in [0.25, 0.3) is 0 Å². The van der Waals surface area contributed by atoms with Crippen molar-refractivity contribution in [2.75, 3.05) is 6.54 Å². The Kier molecular flexibility index (Phi) is 5.18. The molecule has 1 aromatic heterocycles. The molecule has 4 heteroatoms. The predicted octanol–water partition coefficient (Wildman–Crippen LogP) is 3.80. The predicted molar refractivity (Wildman–Crippen MR) is 79.0 cm³/mol. The van der Waals surface area contributed by atoms with E-state index in [1.807, 2.05) is 12.1 Å². The number of hydrogen-bond acceptors (Lipinski definition) is 3. The summed E-state index contributed by atoms with van der Waals surface area (Å²) in [6.07, 6.45) is 4.77. The van der Waals surface area contributed by atoms with Crippen LogP contribution in [0.4, 0.5) is 0 Å². The lowest BCUT2D eigenvalue weighted by Crippen LogP contribution is -2.16. The third kappa shape index (κ3) is 3.39. The van der Waals surface area contributed by atoms with Gasteiger partial charge in [-0.15, -0.1) is 0 Å². The first-order chi connectivity index (χ1) is 9.74. The maximum absolute atomic E-state index is 11.4. The van der Waals surface area contributed by atoms with Gasteiger partial charge in [-0.2, -0.15) is 0 Å². The molecule has 0 spiro atoms. The van der Waals surface area contributed by atoms with Crippen LogP contribution in [0.25, 0.3) is 11.0 Å². The van der Waals surface area contributed by atoms with Crippen molar-refractivity contribution in [3.63, 3.8) is 0 Å². The first-order valence-electron chi connectivity index (χ1n) is 7.18. The van der Waals surface area contributed by atoms with Gasteiger partial charge in [-0.25, -0.2) is 4.79 Å². The van der Waals surface area contributed by atoms with Crippen molar-refractivity contribution in [1.82, 2.24) is 5.32 Å². The number of unbranched alkanes of at least 4 members (excludes halogenated alkanes) is 3. The highest BCUT2D eigenvalue weighted by atomic mass is 16.4. The molecular formula is C16H21NO3. The van der Waals surface area contributed by atoms with Gasteiger partial charge in [-0.1, -0.05) is 44.4 Å². The summed E-state index contributed by atoms with van der Waals surface area (Å²) in [5.74, 6) is -0.424. The number of fused-ring (bicyclic) bond motifs is 1. The van der Waals surface area contributed by atoms with E-state index < -0.39 is 5.97 Å². The van der Waals surface area contributed by atoms with E-state index in [0.717, 1.165) is 13.0 Å². The third-order valence-electron chi connectivity index (χ3n) is 3.37. The van der Waals surface area contributed by atoms with Crippen molar-refractivity contribution in [3.05, 3.63) is 35.6 Å². The van der Waals surface area contributed by atoms with Gasteiger partial charge in [-0.05, 0) is 19.0 Å². The number of para-hydroxylation sites is 1. The normalized spacial score (nSPS) is 11.1. The summed E-state index contributed by atoms with van der Waals surface area (Å²) in [4.78, 5) is 11.4. The van der Waals surface area contributed by atoms with Gasteiger partial charge in [0.05, 0.1) is 6.54 Å². The summed E-state index contributed by atoms with van der Waals surface area (Å²) in [6.45, 7) is 3.53. The summed E-state index contributed by atoms with van der Waals surface area (Å²) in [5.41, 5.74) is 0.911. The molecule has 2 N–H and O–H groups in total. The largest absolute Gasteiger partial charge is 0.478 e. The average molecular weight is 275 g/mol. The number of carbonyl (C=O) groups is 1. The zero-order valence-electron chi connectivity index (χ0n) is 11.8. The second-order valence-corrected chi connectivity index (χ2v) is 4.94. The van der Waals surface area contributed by atoms with Gasteiger partial charge in [-0.3, -0.25) is 0 Å². The van der Waals surface area contributed by atoms with Crippen LogP contribution in [0.15, 0.2) is 28.7 Å². The highest BCUT2D eigenvalue weighted by Gasteiger charge is 2.19. The molecule has 0 amide bonds. The summed E-state index contributed by atoms with van der Waals surface area (Å²) in [7, 11) is 0. The summed E-state index contributed by atoms with van der Waals surface area (Å²) >= 11 is 0. The van der Waals surface area contributed by atoms with Crippen LogP contribution < -0.4 is 5.32 Å². The fraction of sp³-hybridized carbons (Fsp3) is 0.438. The van der Waals surface area contributed by atoms with Crippen LogP contribution in [-0.2, 0) is 6.54 Å². The molecule has 108 valence electrons. The molecule has 0 radical (unpaired) electrons. The Bertz CT molecular complexity index is 574. The van der Waals surface area contributed by atoms with Crippen LogP contribution in [0.5, 0.6) is 0 Å². The summed E-state index contributed by atoms with van der Waals surface area (Å²) in [5, 5.41) is 13.3. The molecule has 0 fully saturated rings. The Morgan fingerprint density at radius 2 is 2.05 bits per heavy atom. The summed E-state index contributed by atoms with van der Waals surface area (Å²) in [6, 6.07) is 7.26. The zero-order valence-corrected chi connectivity index (χ0v) is 11.8. The van der Waals surface area contributed by atoms with Crippen molar-refractivity contribution in [3.8, 4) is 0 Å². The minimum atomic E-state index is -0.933. The Hall–Kier alpha value is -1.81. The zero-order chi connectivity index (χ0) is 14.4. The molecule has 0 saturated carbocycles. The molecule has 1 aromatic carbocycles. The van der Waals surface area contributed by atoms with E-state index in [-0.39, 0.29) is 5.56 Å². The quantitative estimate of drug-likeness (QED) is 0.719. The lowest BCUT2D eigenvalue weighted by Gasteiger charge is -2.03. The molecule has 4 nitrogen and oxygen atoms in total. The molecular weight excluding hydrogens is 254 g/mol. The maximum atomic E-state index is 11.4. The first-order valence-corrected chi connectivity index (χ1v) is 7.18. The first kappa shape index (κ1) is 14.6. The fourth-order valence-electron chi connectivity index (χ4n) is 2.33. The minimum absolute atomic E-state index is 0.279. The van der Waals surface area contributed by atoms with Crippen LogP contribution in [0, 0.1) is 0 Å². The molecule has 1 heterocycles. The van der Waals surface area contributed by atoms with E-state index in [9.17, 15) is 9.90 Å². The number of benzene rings is 1. The number of carboxylic acids is 1. The van der Waals surface area contributed by atoms with Gasteiger partial charge in [0.15, 0.2) is 0 Å². The van der Waals surface area contributed by atoms with Crippen molar-refractivity contribution < 1.29 is 14.3 Å². The van der Waals surface area contributed by atoms with E-state index >= 15 is 0 Å². The van der Waals surface area contributed by atoms with E-state index in [2.05, 4.69) is 12.2 Å². The van der Waals surface area contributed by atoms with Gasteiger partial charge < -0.3 is 14.8 Å². The minimum Gasteiger partial charge on any atom is -0.478 e. The molecule has 0 atom stereocenters. The van der Waals surface area contributed by atoms with Gasteiger partial charge >= 0.3 is 5.97 Å². The smallest absolute Gasteiger partial charge is 0.339 e. The Labute approximate surface area is 118 Å². The highest BCUT2D eigenvalue weighted by Crippen LogP contribution is 2.25. The van der Waals surface area contributed by atoms with Crippen molar-refractivity contribution in [2.24, 2.45) is 0 Å². The second kappa shape index (κ2) is 7.10. The van der Waals surface area contributed by atoms with E-state index in [4.69, 9.17) is 4.42 Å². The number of furan rings is 1. The number of hydrogen-bond donors (Lipinski definition) is 2. The molecule has 0 bridgehead atoms. The SMILES string of the molecule is CCCCCCNCc1oc2ccccc2c1C(=O)O. The lowest BCUT2D eigenvalue weighted by molar-refractivity contribution is 0.0696. The van der Waals surface area contributed by atoms with E-state index in [0.29, 0.717) is 23.3 Å². The van der Waals surface area contributed by atoms with Crippen molar-refractivity contribution in [1.29, 1.82) is 0 Å². The molecule has 2 rings (SSSR count). The molecule has 0 saturated heterocycles. The lowest BCUT2D eigenvalue weighted by atomic mass is 10.1. The monoisotopic (exact) mass is 275 g/mol. The Balaban J connectivity index is 2.02. The molecule has 20 heavy (non-hydrogen) atoms. The van der Waals surface area contributed by atoms with Crippen LogP contribution in [-0.4, -0.2) is 17.6 Å². The van der Waals surface area contributed by atoms with E-state index in [1.54, 1.807) is 12.1 Å². The number of rotatable bonds is 8. The molecule has 2 aromatic rings. The van der Waals surface area contributed by atoms with E-state index in [1.165, 1.54) is 19.3 Å². The highest BCUT2D eigenvalue weighted by molar-refractivity contribution is 6.03. The molecule has 0 unspecified atom stereocenters. The number of nitrogens with one attached hydrogen (secondary N) is 1. The van der Waals surface area contributed by atoms with Gasteiger partial charge in [0, 0.05) is 5.39 Å². The fourth-order valence-corrected chi connectivity index (χ4v) is 2.33. The van der Waals surface area contributed by atoms with Crippen LogP contribution in [0.2, 0.25) is 0 Å². The molecule has 0 aliphatic heterocycles.